The third-order valence-electron chi connectivity index (χ3n) is 4.50. The van der Waals surface area contributed by atoms with Gasteiger partial charge in [0.25, 0.3) is 5.91 Å². The van der Waals surface area contributed by atoms with Gasteiger partial charge in [-0.1, -0.05) is 42.5 Å². The van der Waals surface area contributed by atoms with Gasteiger partial charge in [-0.25, -0.2) is 0 Å². The van der Waals surface area contributed by atoms with Crippen molar-refractivity contribution >= 4 is 35.0 Å². The van der Waals surface area contributed by atoms with Gasteiger partial charge < -0.3 is 0 Å². The Morgan fingerprint density at radius 1 is 1.11 bits per heavy atom. The van der Waals surface area contributed by atoms with Crippen LogP contribution in [0.25, 0.3) is 0 Å². The molecular formula is C22H22N4O2. The fraction of sp³-hybridized carbons (Fsp3) is 0.182. The van der Waals surface area contributed by atoms with E-state index in [0.717, 1.165) is 12.0 Å². The molecule has 1 atom stereocenters. The number of anilines is 2. The molecule has 6 heteroatoms. The Morgan fingerprint density at radius 2 is 1.71 bits per heavy atom. The third kappa shape index (κ3) is 4.06. The number of allylic oxidation sites excluding steroid dienone is 1. The van der Waals surface area contributed by atoms with Crippen molar-refractivity contribution in [3.8, 4) is 0 Å². The first kappa shape index (κ1) is 19.2. The molecule has 0 saturated heterocycles. The molecule has 1 aliphatic rings. The molecule has 0 fully saturated rings. The molecule has 1 heterocycles. The van der Waals surface area contributed by atoms with Gasteiger partial charge >= 0.3 is 0 Å². The normalized spacial score (nSPS) is 17.5. The number of carbonyl (C=O) groups excluding carboxylic acids is 2. The molecule has 0 saturated carbocycles. The van der Waals surface area contributed by atoms with E-state index in [0.29, 0.717) is 22.7 Å². The lowest BCUT2D eigenvalue weighted by Crippen LogP contribution is -2.26. The van der Waals surface area contributed by atoms with E-state index >= 15 is 0 Å². The van der Waals surface area contributed by atoms with Crippen molar-refractivity contribution in [2.45, 2.75) is 13.8 Å². The van der Waals surface area contributed by atoms with Crippen molar-refractivity contribution in [3.05, 3.63) is 72.3 Å². The minimum absolute atomic E-state index is 0.188. The fourth-order valence-electron chi connectivity index (χ4n) is 2.93. The maximum Gasteiger partial charge on any atom is 0.260 e. The quantitative estimate of drug-likeness (QED) is 0.335. The average molecular weight is 374 g/mol. The summed E-state index contributed by atoms with van der Waals surface area (Å²) in [6.45, 7) is 3.54. The number of hydrogen-bond donors (Lipinski definition) is 0. The van der Waals surface area contributed by atoms with Gasteiger partial charge in [0.1, 0.15) is 0 Å². The lowest BCUT2D eigenvalue weighted by atomic mass is 9.99. The Bertz CT molecular complexity index is 949. The van der Waals surface area contributed by atoms with E-state index in [1.807, 2.05) is 67.7 Å². The first-order chi connectivity index (χ1) is 13.5. The van der Waals surface area contributed by atoms with Crippen LogP contribution in [0.2, 0.25) is 0 Å². The molecule has 142 valence electrons. The predicted octanol–water partition coefficient (Wildman–Crippen LogP) is 3.66. The molecule has 1 aliphatic heterocycles. The van der Waals surface area contributed by atoms with Gasteiger partial charge in [-0.15, -0.1) is 0 Å². The molecule has 0 bridgehead atoms. The molecule has 2 aromatic carbocycles. The topological polar surface area (TPSA) is 65.3 Å². The Morgan fingerprint density at radius 3 is 2.32 bits per heavy atom. The summed E-state index contributed by atoms with van der Waals surface area (Å²) in [4.78, 5) is 24.5. The Balaban J connectivity index is 1.84. The molecular weight excluding hydrogens is 352 g/mol. The summed E-state index contributed by atoms with van der Waals surface area (Å²) in [5.41, 5.74) is 3.13. The number of para-hydroxylation sites is 2. The van der Waals surface area contributed by atoms with Crippen LogP contribution in [0, 0.1) is 5.92 Å². The molecule has 6 nitrogen and oxygen atoms in total. The van der Waals surface area contributed by atoms with Crippen LogP contribution in [0.5, 0.6) is 0 Å². The van der Waals surface area contributed by atoms with Crippen LogP contribution >= 0.6 is 0 Å². The summed E-state index contributed by atoms with van der Waals surface area (Å²) in [5, 5.41) is 11.9. The van der Waals surface area contributed by atoms with E-state index in [9.17, 15) is 9.59 Å². The zero-order chi connectivity index (χ0) is 20.1. The van der Waals surface area contributed by atoms with Crippen molar-refractivity contribution in [1.29, 1.82) is 0 Å². The minimum atomic E-state index is -0.590. The van der Waals surface area contributed by atoms with Gasteiger partial charge in [0.2, 0.25) is 0 Å². The van der Waals surface area contributed by atoms with Crippen molar-refractivity contribution in [2.24, 2.45) is 16.1 Å². The number of hydrazone groups is 2. The molecule has 1 unspecified atom stereocenters. The monoisotopic (exact) mass is 374 g/mol. The molecule has 3 rings (SSSR count). The van der Waals surface area contributed by atoms with Gasteiger partial charge in [0.15, 0.2) is 6.29 Å². The first-order valence-electron chi connectivity index (χ1n) is 8.96. The Labute approximate surface area is 164 Å². The van der Waals surface area contributed by atoms with E-state index in [4.69, 9.17) is 0 Å². The van der Waals surface area contributed by atoms with Crippen molar-refractivity contribution in [3.63, 3.8) is 0 Å². The summed E-state index contributed by atoms with van der Waals surface area (Å²) < 4.78 is 0. The summed E-state index contributed by atoms with van der Waals surface area (Å²) in [7, 11) is 1.81. The number of amides is 1. The molecule has 1 amide bonds. The smallest absolute Gasteiger partial charge is 0.260 e. The minimum Gasteiger partial charge on any atom is -0.298 e. The van der Waals surface area contributed by atoms with Crippen LogP contribution in [-0.4, -0.2) is 30.7 Å². The van der Waals surface area contributed by atoms with E-state index < -0.39 is 5.92 Å². The lowest BCUT2D eigenvalue weighted by molar-refractivity contribution is -0.118. The summed E-state index contributed by atoms with van der Waals surface area (Å²) in [6, 6.07) is 18.8. The lowest BCUT2D eigenvalue weighted by Gasteiger charge is -2.15. The van der Waals surface area contributed by atoms with Gasteiger partial charge in [0.05, 0.1) is 28.7 Å². The maximum atomic E-state index is 12.8. The van der Waals surface area contributed by atoms with Gasteiger partial charge in [-0.2, -0.15) is 15.2 Å². The number of benzene rings is 2. The van der Waals surface area contributed by atoms with Crippen LogP contribution in [0.1, 0.15) is 13.8 Å². The van der Waals surface area contributed by atoms with Crippen LogP contribution < -0.4 is 10.0 Å². The van der Waals surface area contributed by atoms with Gasteiger partial charge in [-0.3, -0.25) is 14.6 Å². The Kier molecular flexibility index (Phi) is 5.79. The Hall–Kier alpha value is -3.54. The first-order valence-corrected chi connectivity index (χ1v) is 8.96. The van der Waals surface area contributed by atoms with Crippen LogP contribution in [-0.2, 0) is 9.59 Å². The standard InChI is InChI=1S/C22H22N4O2/c1-16(23-25(3)19-10-6-4-7-11-19)18(15-27)14-21-17(2)24-26(22(21)28)20-12-8-5-9-13-20/h4-15,21H,1-3H3/b18-14+,23-16-. The largest absolute Gasteiger partial charge is 0.298 e. The maximum absolute atomic E-state index is 12.8. The zero-order valence-electron chi connectivity index (χ0n) is 16.1. The average Bonchev–Trinajstić information content (AvgIpc) is 3.01. The third-order valence-corrected chi connectivity index (χ3v) is 4.50. The second-order valence-electron chi connectivity index (χ2n) is 6.49. The van der Waals surface area contributed by atoms with Crippen molar-refractivity contribution < 1.29 is 9.59 Å². The molecule has 0 aromatic heterocycles. The van der Waals surface area contributed by atoms with E-state index in [2.05, 4.69) is 10.2 Å². The number of aldehydes is 1. The molecule has 0 N–H and O–H groups in total. The van der Waals surface area contributed by atoms with E-state index in [1.54, 1.807) is 24.9 Å². The van der Waals surface area contributed by atoms with Crippen LogP contribution in [0.3, 0.4) is 0 Å². The molecule has 0 aliphatic carbocycles. The summed E-state index contributed by atoms with van der Waals surface area (Å²) >= 11 is 0. The van der Waals surface area contributed by atoms with Gasteiger partial charge in [-0.05, 0) is 38.1 Å². The van der Waals surface area contributed by atoms with Crippen LogP contribution in [0.15, 0.2) is 82.5 Å². The molecule has 0 radical (unpaired) electrons. The highest BCUT2D eigenvalue weighted by Crippen LogP contribution is 2.25. The van der Waals surface area contributed by atoms with Crippen molar-refractivity contribution in [2.75, 3.05) is 17.1 Å². The fourth-order valence-corrected chi connectivity index (χ4v) is 2.93. The number of nitrogens with zero attached hydrogens (tertiary/aromatic N) is 4. The number of rotatable bonds is 6. The number of hydrogen-bond acceptors (Lipinski definition) is 5. The van der Waals surface area contributed by atoms with E-state index in [1.165, 1.54) is 5.01 Å². The predicted molar refractivity (Wildman–Crippen MR) is 113 cm³/mol. The summed E-state index contributed by atoms with van der Waals surface area (Å²) in [5.74, 6) is -0.778. The number of carbonyl (C=O) groups is 2. The molecule has 0 spiro atoms. The SMILES string of the molecule is CC1=NN(c2ccccc2)C(=O)C1/C=C(C=O)/C(C)=N\N(C)c1ccccc1. The zero-order valence-corrected chi connectivity index (χ0v) is 16.1. The highest BCUT2D eigenvalue weighted by Gasteiger charge is 2.33. The van der Waals surface area contributed by atoms with E-state index in [-0.39, 0.29) is 5.91 Å². The van der Waals surface area contributed by atoms with Gasteiger partial charge in [0, 0.05) is 12.6 Å². The highest BCUT2D eigenvalue weighted by atomic mass is 16.2. The molecule has 28 heavy (non-hydrogen) atoms. The highest BCUT2D eigenvalue weighted by molar-refractivity contribution is 6.19. The van der Waals surface area contributed by atoms with Crippen molar-refractivity contribution in [1.82, 2.24) is 0 Å². The summed E-state index contributed by atoms with van der Waals surface area (Å²) in [6.07, 6.45) is 2.36. The molecule has 2 aromatic rings. The van der Waals surface area contributed by atoms with Crippen LogP contribution in [0.4, 0.5) is 11.4 Å². The second kappa shape index (κ2) is 8.43. The second-order valence-corrected chi connectivity index (χ2v) is 6.49.